The first-order valence-electron chi connectivity index (χ1n) is 12.8. The van der Waals surface area contributed by atoms with Crippen LogP contribution >= 0.6 is 0 Å². The molecule has 0 spiro atoms. The highest BCUT2D eigenvalue weighted by Gasteiger charge is 2.50. The minimum absolute atomic E-state index is 0.0553. The van der Waals surface area contributed by atoms with Crippen molar-refractivity contribution in [3.63, 3.8) is 0 Å². The van der Waals surface area contributed by atoms with Gasteiger partial charge in [-0.1, -0.05) is 100 Å². The van der Waals surface area contributed by atoms with Crippen molar-refractivity contribution < 1.29 is 14.4 Å². The number of hydrogen-bond donors (Lipinski definition) is 0. The monoisotopic (exact) mass is 447 g/mol. The van der Waals surface area contributed by atoms with Gasteiger partial charge in [-0.15, -0.1) is 0 Å². The van der Waals surface area contributed by atoms with Crippen LogP contribution in [-0.4, -0.2) is 17.5 Å². The zero-order valence-corrected chi connectivity index (χ0v) is 20.3. The number of Topliss-reactive ketones (excluding diaryl/α,β-unsaturated/α-hetero) is 1. The Hall–Kier alpha value is -2.49. The van der Waals surface area contributed by atoms with Crippen molar-refractivity contribution in [3.05, 3.63) is 59.2 Å². The number of rotatable bonds is 9. The fourth-order valence-corrected chi connectivity index (χ4v) is 6.62. The molecule has 1 aromatic carbocycles. The van der Waals surface area contributed by atoms with Gasteiger partial charge in [0.25, 0.3) is 0 Å². The molecule has 4 nitrogen and oxygen atoms in total. The summed E-state index contributed by atoms with van der Waals surface area (Å²) in [5.41, 5.74) is 4.00. The molecule has 0 aliphatic heterocycles. The molecule has 0 aromatic heterocycles. The number of allylic oxidation sites excluding steroid dienone is 4. The van der Waals surface area contributed by atoms with E-state index in [4.69, 9.17) is 4.84 Å². The van der Waals surface area contributed by atoms with E-state index in [0.29, 0.717) is 29.5 Å². The van der Waals surface area contributed by atoms with Gasteiger partial charge in [0.15, 0.2) is 0 Å². The highest BCUT2D eigenvalue weighted by Crippen LogP contribution is 2.57. The summed E-state index contributed by atoms with van der Waals surface area (Å²) >= 11 is 0. The molecule has 3 aliphatic rings. The lowest BCUT2D eigenvalue weighted by molar-refractivity contribution is -0.140. The molecule has 0 amide bonds. The van der Waals surface area contributed by atoms with Crippen molar-refractivity contribution in [2.75, 3.05) is 0 Å². The van der Waals surface area contributed by atoms with Crippen molar-refractivity contribution >= 4 is 17.5 Å². The lowest BCUT2D eigenvalue weighted by atomic mass is 9.65. The minimum Gasteiger partial charge on any atom is -0.318 e. The molecule has 0 bridgehead atoms. The third-order valence-corrected chi connectivity index (χ3v) is 7.88. The Morgan fingerprint density at radius 2 is 1.79 bits per heavy atom. The zero-order valence-electron chi connectivity index (χ0n) is 20.3. The van der Waals surface area contributed by atoms with Crippen LogP contribution < -0.4 is 0 Å². The van der Waals surface area contributed by atoms with E-state index in [1.54, 1.807) is 0 Å². The van der Waals surface area contributed by atoms with E-state index in [1.165, 1.54) is 30.9 Å². The van der Waals surface area contributed by atoms with Crippen LogP contribution in [0.15, 0.2) is 53.2 Å². The second-order valence-electron chi connectivity index (χ2n) is 10.1. The molecule has 2 unspecified atom stereocenters. The van der Waals surface area contributed by atoms with Crippen LogP contribution in [0.1, 0.15) is 95.6 Å². The number of carbonyl (C=O) groups is 2. The Labute approximate surface area is 198 Å². The van der Waals surface area contributed by atoms with Gasteiger partial charge < -0.3 is 4.84 Å². The van der Waals surface area contributed by atoms with Gasteiger partial charge in [0, 0.05) is 23.8 Å². The summed E-state index contributed by atoms with van der Waals surface area (Å²) in [5.74, 6) is 0.436. The first-order valence-corrected chi connectivity index (χ1v) is 12.8. The van der Waals surface area contributed by atoms with Gasteiger partial charge in [0.05, 0.1) is 0 Å². The summed E-state index contributed by atoms with van der Waals surface area (Å²) in [6.07, 6.45) is 16.1. The quantitative estimate of drug-likeness (QED) is 0.237. The molecule has 1 fully saturated rings. The number of ketones is 1. The van der Waals surface area contributed by atoms with Crippen LogP contribution in [0, 0.1) is 11.8 Å². The molecule has 176 valence electrons. The average Bonchev–Trinajstić information content (AvgIpc) is 3.42. The molecule has 33 heavy (non-hydrogen) atoms. The molecule has 0 saturated heterocycles. The number of hydrogen-bond acceptors (Lipinski definition) is 4. The summed E-state index contributed by atoms with van der Waals surface area (Å²) < 4.78 is 0. The largest absolute Gasteiger partial charge is 0.331 e. The van der Waals surface area contributed by atoms with E-state index in [-0.39, 0.29) is 17.1 Å². The number of oxime groups is 1. The predicted octanol–water partition coefficient (Wildman–Crippen LogP) is 6.80. The Morgan fingerprint density at radius 1 is 1.09 bits per heavy atom. The van der Waals surface area contributed by atoms with E-state index in [0.717, 1.165) is 38.5 Å². The molecule has 4 heteroatoms. The third kappa shape index (κ3) is 4.62. The van der Waals surface area contributed by atoms with Gasteiger partial charge >= 0.3 is 5.97 Å². The maximum atomic E-state index is 13.6. The molecule has 1 saturated carbocycles. The van der Waals surface area contributed by atoms with Gasteiger partial charge in [-0.05, 0) is 42.2 Å². The van der Waals surface area contributed by atoms with Crippen molar-refractivity contribution in [1.82, 2.24) is 0 Å². The average molecular weight is 448 g/mol. The predicted molar refractivity (Wildman–Crippen MR) is 132 cm³/mol. The number of carbonyl (C=O) groups excluding carboxylic acids is 2. The summed E-state index contributed by atoms with van der Waals surface area (Å²) in [6.45, 7) is 5.84. The van der Waals surface area contributed by atoms with E-state index in [9.17, 15) is 9.59 Å². The van der Waals surface area contributed by atoms with E-state index >= 15 is 0 Å². The summed E-state index contributed by atoms with van der Waals surface area (Å²) in [5, 5.41) is 4.04. The smallest absolute Gasteiger partial charge is 0.318 e. The van der Waals surface area contributed by atoms with Crippen molar-refractivity contribution in [3.8, 4) is 0 Å². The highest BCUT2D eigenvalue weighted by molar-refractivity contribution is 6.46. The molecule has 0 radical (unpaired) electrons. The second kappa shape index (κ2) is 10.2. The van der Waals surface area contributed by atoms with Crippen LogP contribution in [0.4, 0.5) is 0 Å². The number of benzene rings is 1. The van der Waals surface area contributed by atoms with Gasteiger partial charge in [-0.3, -0.25) is 4.79 Å². The van der Waals surface area contributed by atoms with Crippen LogP contribution in [-0.2, 0) is 19.8 Å². The normalized spacial score (nSPS) is 23.7. The van der Waals surface area contributed by atoms with Crippen LogP contribution in [0.2, 0.25) is 0 Å². The van der Waals surface area contributed by atoms with Crippen molar-refractivity contribution in [2.24, 2.45) is 17.0 Å². The molecular weight excluding hydrogens is 410 g/mol. The van der Waals surface area contributed by atoms with Crippen LogP contribution in [0.3, 0.4) is 0 Å². The van der Waals surface area contributed by atoms with E-state index in [2.05, 4.69) is 55.4 Å². The van der Waals surface area contributed by atoms with Crippen LogP contribution in [0.25, 0.3) is 0 Å². The fraction of sp³-hybridized carbons (Fsp3) is 0.552. The molecule has 1 aromatic rings. The van der Waals surface area contributed by atoms with Gasteiger partial charge in [-0.2, -0.15) is 0 Å². The highest BCUT2D eigenvalue weighted by atomic mass is 16.7. The number of nitrogens with zero attached hydrogens (tertiary/aromatic N) is 1. The molecule has 0 heterocycles. The van der Waals surface area contributed by atoms with E-state index < -0.39 is 5.97 Å². The molecule has 3 aliphatic carbocycles. The third-order valence-electron chi connectivity index (χ3n) is 7.88. The Morgan fingerprint density at radius 3 is 2.45 bits per heavy atom. The SMILES string of the molecule is CCCC1(CCC)c2ccccc2C2C=CC(C(=O)/C(CC3CCCC3)=N/OC(C)=O)=CC21. The lowest BCUT2D eigenvalue weighted by Crippen LogP contribution is -2.33. The van der Waals surface area contributed by atoms with E-state index in [1.807, 2.05) is 6.08 Å². The van der Waals surface area contributed by atoms with Crippen molar-refractivity contribution in [2.45, 2.75) is 89.9 Å². The molecule has 0 N–H and O–H groups in total. The Kier molecular flexibility index (Phi) is 7.31. The standard InChI is InChI=1S/C29H37NO3/c1-4-16-29(17-5-2)25-13-9-8-12-23(25)24-15-14-22(19-26(24)29)28(32)27(30-33-20(3)31)18-21-10-6-7-11-21/h8-9,12-15,19,21,24,26H,4-7,10-11,16-18H2,1-3H3/b30-27+. The van der Waals surface area contributed by atoms with Gasteiger partial charge in [-0.25, -0.2) is 4.79 Å². The summed E-state index contributed by atoms with van der Waals surface area (Å²) in [7, 11) is 0. The maximum Gasteiger partial charge on any atom is 0.331 e. The molecular formula is C29H37NO3. The molecule has 4 rings (SSSR count). The minimum atomic E-state index is -0.490. The first-order chi connectivity index (χ1) is 16.0. The van der Waals surface area contributed by atoms with Gasteiger partial charge in [0.1, 0.15) is 5.71 Å². The van der Waals surface area contributed by atoms with Crippen LogP contribution in [0.5, 0.6) is 0 Å². The topological polar surface area (TPSA) is 55.7 Å². The lowest BCUT2D eigenvalue weighted by Gasteiger charge is -2.38. The first kappa shape index (κ1) is 23.7. The number of fused-ring (bicyclic) bond motifs is 3. The van der Waals surface area contributed by atoms with Gasteiger partial charge in [0.2, 0.25) is 5.78 Å². The Bertz CT molecular complexity index is 974. The second-order valence-corrected chi connectivity index (χ2v) is 10.1. The maximum absolute atomic E-state index is 13.6. The molecule has 2 atom stereocenters. The summed E-state index contributed by atoms with van der Waals surface area (Å²) in [4.78, 5) is 30.0. The fourth-order valence-electron chi connectivity index (χ4n) is 6.62. The summed E-state index contributed by atoms with van der Waals surface area (Å²) in [6, 6.07) is 8.85. The zero-order chi connectivity index (χ0) is 23.4. The Balaban J connectivity index is 1.69. The van der Waals surface area contributed by atoms with Crippen molar-refractivity contribution in [1.29, 1.82) is 0 Å².